The standard InChI is InChI=1S/C16H20O3S.K/c1-3-6-12-8-5-9-13-10-11-15(20(17,18)19)14(7-4-2)16(12)13;/h5,8-11H,3-4,6-7H2,1-2H3,(H,17,18,19);/q;+1/p-1. The van der Waals surface area contributed by atoms with E-state index in [1.807, 2.05) is 25.1 Å². The van der Waals surface area contributed by atoms with E-state index in [-0.39, 0.29) is 56.3 Å². The zero-order valence-electron chi connectivity index (χ0n) is 12.8. The number of fused-ring (bicyclic) bond motifs is 1. The van der Waals surface area contributed by atoms with Crippen molar-refractivity contribution in [3.8, 4) is 0 Å². The minimum absolute atomic E-state index is 0. The van der Waals surface area contributed by atoms with Gasteiger partial charge in [-0.05, 0) is 40.8 Å². The Kier molecular flexibility index (Phi) is 7.53. The summed E-state index contributed by atoms with van der Waals surface area (Å²) in [4.78, 5) is -0.0598. The molecule has 2 rings (SSSR count). The molecule has 108 valence electrons. The van der Waals surface area contributed by atoms with Gasteiger partial charge >= 0.3 is 51.4 Å². The van der Waals surface area contributed by atoms with Crippen molar-refractivity contribution < 1.29 is 64.4 Å². The molecular weight excluding hydrogens is 311 g/mol. The zero-order valence-corrected chi connectivity index (χ0v) is 16.8. The minimum atomic E-state index is -4.43. The summed E-state index contributed by atoms with van der Waals surface area (Å²) in [5.41, 5.74) is 1.81. The smallest absolute Gasteiger partial charge is 0.744 e. The Bertz CT molecular complexity index is 724. The quantitative estimate of drug-likeness (QED) is 0.597. The first-order chi connectivity index (χ1) is 9.49. The fourth-order valence-electron chi connectivity index (χ4n) is 2.73. The van der Waals surface area contributed by atoms with Crippen molar-refractivity contribution in [3.63, 3.8) is 0 Å². The number of aryl methyl sites for hydroxylation is 2. The van der Waals surface area contributed by atoms with Gasteiger partial charge in [-0.15, -0.1) is 0 Å². The van der Waals surface area contributed by atoms with Crippen molar-refractivity contribution in [1.82, 2.24) is 0 Å². The first-order valence-corrected chi connectivity index (χ1v) is 8.39. The maximum Gasteiger partial charge on any atom is 1.00 e. The molecule has 2 aromatic rings. The van der Waals surface area contributed by atoms with E-state index in [9.17, 15) is 13.0 Å². The van der Waals surface area contributed by atoms with Gasteiger partial charge in [0.05, 0.1) is 4.90 Å². The predicted molar refractivity (Wildman–Crippen MR) is 79.9 cm³/mol. The van der Waals surface area contributed by atoms with Crippen LogP contribution in [0.3, 0.4) is 0 Å². The molecule has 2 aromatic carbocycles. The zero-order chi connectivity index (χ0) is 14.8. The van der Waals surface area contributed by atoms with E-state index >= 15 is 0 Å². The van der Waals surface area contributed by atoms with Crippen LogP contribution in [0.15, 0.2) is 35.2 Å². The van der Waals surface area contributed by atoms with Gasteiger partial charge in [-0.3, -0.25) is 0 Å². The van der Waals surface area contributed by atoms with Crippen LogP contribution in [0.5, 0.6) is 0 Å². The summed E-state index contributed by atoms with van der Waals surface area (Å²) in [6.07, 6.45) is 3.28. The van der Waals surface area contributed by atoms with Crippen molar-refractivity contribution in [3.05, 3.63) is 41.5 Å². The van der Waals surface area contributed by atoms with Gasteiger partial charge in [-0.25, -0.2) is 8.42 Å². The molecule has 0 radical (unpaired) electrons. The molecule has 0 bridgehead atoms. The van der Waals surface area contributed by atoms with Gasteiger partial charge in [0.25, 0.3) is 0 Å². The topological polar surface area (TPSA) is 57.2 Å². The Morgan fingerprint density at radius 1 is 1.00 bits per heavy atom. The molecule has 0 heterocycles. The number of hydrogen-bond acceptors (Lipinski definition) is 3. The molecule has 0 unspecified atom stereocenters. The Hall–Kier alpha value is 0.246. The molecule has 0 aliphatic carbocycles. The largest absolute Gasteiger partial charge is 1.00 e. The summed E-state index contributed by atoms with van der Waals surface area (Å²) in [5.74, 6) is 0. The van der Waals surface area contributed by atoms with Crippen LogP contribution in [0.25, 0.3) is 10.8 Å². The second kappa shape index (κ2) is 8.20. The Morgan fingerprint density at radius 2 is 1.67 bits per heavy atom. The summed E-state index contributed by atoms with van der Waals surface area (Å²) in [5, 5.41) is 1.96. The van der Waals surface area contributed by atoms with Gasteiger partial charge < -0.3 is 4.55 Å². The van der Waals surface area contributed by atoms with Crippen LogP contribution in [0, 0.1) is 0 Å². The monoisotopic (exact) mass is 330 g/mol. The van der Waals surface area contributed by atoms with Crippen molar-refractivity contribution in [1.29, 1.82) is 0 Å². The molecule has 3 nitrogen and oxygen atoms in total. The maximum atomic E-state index is 11.5. The van der Waals surface area contributed by atoms with E-state index in [0.29, 0.717) is 12.0 Å². The van der Waals surface area contributed by atoms with E-state index in [4.69, 9.17) is 0 Å². The average Bonchev–Trinajstić information content (AvgIpc) is 2.38. The van der Waals surface area contributed by atoms with Gasteiger partial charge in [-0.1, -0.05) is 51.0 Å². The predicted octanol–water partition coefficient (Wildman–Crippen LogP) is 0.653. The molecule has 0 N–H and O–H groups in total. The van der Waals surface area contributed by atoms with E-state index in [0.717, 1.165) is 35.6 Å². The number of hydrogen-bond donors (Lipinski definition) is 0. The molecule has 0 aliphatic rings. The maximum absolute atomic E-state index is 11.5. The molecule has 0 saturated heterocycles. The molecule has 21 heavy (non-hydrogen) atoms. The van der Waals surface area contributed by atoms with E-state index < -0.39 is 10.1 Å². The van der Waals surface area contributed by atoms with Crippen molar-refractivity contribution in [2.75, 3.05) is 0 Å². The fourth-order valence-corrected chi connectivity index (χ4v) is 3.47. The fraction of sp³-hybridized carbons (Fsp3) is 0.375. The normalized spacial score (nSPS) is 11.4. The third-order valence-electron chi connectivity index (χ3n) is 3.49. The van der Waals surface area contributed by atoms with Crippen LogP contribution in [-0.4, -0.2) is 13.0 Å². The molecule has 5 heteroatoms. The number of rotatable bonds is 5. The second-order valence-electron chi connectivity index (χ2n) is 5.01. The summed E-state index contributed by atoms with van der Waals surface area (Å²) in [6.45, 7) is 4.08. The van der Waals surface area contributed by atoms with Crippen LogP contribution in [-0.2, 0) is 23.0 Å². The van der Waals surface area contributed by atoms with E-state index in [1.165, 1.54) is 6.07 Å². The second-order valence-corrected chi connectivity index (χ2v) is 6.36. The number of benzene rings is 2. The summed E-state index contributed by atoms with van der Waals surface area (Å²) >= 11 is 0. The van der Waals surface area contributed by atoms with Crippen LogP contribution < -0.4 is 51.4 Å². The summed E-state index contributed by atoms with van der Waals surface area (Å²) in [6, 6.07) is 9.15. The third kappa shape index (κ3) is 4.38. The van der Waals surface area contributed by atoms with Gasteiger partial charge in [0.2, 0.25) is 0 Å². The van der Waals surface area contributed by atoms with E-state index in [2.05, 4.69) is 6.92 Å². The van der Waals surface area contributed by atoms with Crippen LogP contribution >= 0.6 is 0 Å². The Morgan fingerprint density at radius 3 is 2.24 bits per heavy atom. The van der Waals surface area contributed by atoms with Crippen LogP contribution in [0.1, 0.15) is 37.8 Å². The van der Waals surface area contributed by atoms with Gasteiger partial charge in [-0.2, -0.15) is 0 Å². The Balaban J connectivity index is 0.00000220. The molecule has 0 amide bonds. The van der Waals surface area contributed by atoms with Gasteiger partial charge in [0.15, 0.2) is 0 Å². The minimum Gasteiger partial charge on any atom is -0.744 e. The van der Waals surface area contributed by atoms with Gasteiger partial charge in [0.1, 0.15) is 10.1 Å². The molecule has 0 saturated carbocycles. The van der Waals surface area contributed by atoms with Crippen LogP contribution in [0.2, 0.25) is 0 Å². The first-order valence-electron chi connectivity index (χ1n) is 6.98. The van der Waals surface area contributed by atoms with Gasteiger partial charge in [0, 0.05) is 0 Å². The SMILES string of the molecule is CCCc1cccc2ccc(S(=O)(=O)[O-])c(CCC)c12.[K+]. The summed E-state index contributed by atoms with van der Waals surface area (Å²) < 4.78 is 34.5. The molecule has 0 aliphatic heterocycles. The third-order valence-corrected chi connectivity index (χ3v) is 4.41. The molecule has 0 aromatic heterocycles. The first kappa shape index (κ1) is 19.3. The van der Waals surface area contributed by atoms with Crippen molar-refractivity contribution in [2.24, 2.45) is 0 Å². The van der Waals surface area contributed by atoms with Crippen molar-refractivity contribution in [2.45, 2.75) is 44.4 Å². The molecular formula is C16H19KO3S. The molecule has 0 atom stereocenters. The Labute approximate surface area is 169 Å². The average molecular weight is 330 g/mol. The van der Waals surface area contributed by atoms with Crippen LogP contribution in [0.4, 0.5) is 0 Å². The van der Waals surface area contributed by atoms with E-state index in [1.54, 1.807) is 6.07 Å². The van der Waals surface area contributed by atoms with Crippen molar-refractivity contribution >= 4 is 20.9 Å². The molecule has 0 fully saturated rings. The molecule has 0 spiro atoms. The summed E-state index contributed by atoms with van der Waals surface area (Å²) in [7, 11) is -4.43.